The minimum atomic E-state index is -1.84. The fourth-order valence-corrected chi connectivity index (χ4v) is 0.603. The van der Waals surface area contributed by atoms with E-state index in [1.54, 1.807) is 0 Å². The van der Waals surface area contributed by atoms with Crippen molar-refractivity contribution in [1.82, 2.24) is 0 Å². The predicted molar refractivity (Wildman–Crippen MR) is 38.4 cm³/mol. The highest BCUT2D eigenvalue weighted by molar-refractivity contribution is 5.76. The van der Waals surface area contributed by atoms with Gasteiger partial charge in [0.1, 0.15) is 0 Å². The summed E-state index contributed by atoms with van der Waals surface area (Å²) in [6, 6.07) is -1.29. The number of hydrogen-bond donors (Lipinski definition) is 4. The molecular weight excluding hydrogens is 166 g/mol. The minimum Gasteiger partial charge on any atom is -0.481 e. The van der Waals surface area contributed by atoms with E-state index in [0.29, 0.717) is 0 Å². The molecule has 0 rings (SSSR count). The first-order valence-electron chi connectivity index (χ1n) is 3.27. The van der Waals surface area contributed by atoms with Crippen LogP contribution >= 0.6 is 0 Å². The summed E-state index contributed by atoms with van der Waals surface area (Å²) in [5, 5.41) is 25.5. The Kier molecular flexibility index (Phi) is 3.65. The van der Waals surface area contributed by atoms with Crippen molar-refractivity contribution in [3.63, 3.8) is 0 Å². The third-order valence-electron chi connectivity index (χ3n) is 1.58. The quantitative estimate of drug-likeness (QED) is 0.414. The Balaban J connectivity index is 4.28. The topological polar surface area (TPSA) is 121 Å². The number of rotatable bonds is 4. The van der Waals surface area contributed by atoms with Crippen LogP contribution in [0.3, 0.4) is 0 Å². The molecule has 6 nitrogen and oxygen atoms in total. The van der Waals surface area contributed by atoms with E-state index >= 15 is 0 Å². The molecule has 3 atom stereocenters. The molecule has 0 radical (unpaired) electrons. The van der Waals surface area contributed by atoms with Crippen molar-refractivity contribution in [3.8, 4) is 0 Å². The Hall–Kier alpha value is -1.14. The number of carboxylic acids is 2. The van der Waals surface area contributed by atoms with Crippen LogP contribution < -0.4 is 5.73 Å². The van der Waals surface area contributed by atoms with Gasteiger partial charge in [-0.05, 0) is 0 Å². The maximum Gasteiger partial charge on any atom is 0.334 e. The molecule has 0 saturated carbocycles. The molecule has 0 fully saturated rings. The van der Waals surface area contributed by atoms with Crippen molar-refractivity contribution in [2.24, 2.45) is 11.7 Å². The smallest absolute Gasteiger partial charge is 0.334 e. The highest BCUT2D eigenvalue weighted by Crippen LogP contribution is 2.05. The summed E-state index contributed by atoms with van der Waals surface area (Å²) in [7, 11) is 0. The van der Waals surface area contributed by atoms with Gasteiger partial charge >= 0.3 is 11.9 Å². The van der Waals surface area contributed by atoms with Gasteiger partial charge in [0.05, 0.1) is 12.0 Å². The number of hydrogen-bond acceptors (Lipinski definition) is 4. The minimum absolute atomic E-state index is 1.09. The average Bonchev–Trinajstić information content (AvgIpc) is 2.00. The van der Waals surface area contributed by atoms with Gasteiger partial charge in [0.15, 0.2) is 6.10 Å². The third-order valence-corrected chi connectivity index (χ3v) is 1.58. The van der Waals surface area contributed by atoms with Crippen LogP contribution in [0.4, 0.5) is 0 Å². The molecule has 70 valence electrons. The summed E-state index contributed by atoms with van der Waals surface area (Å²) in [5.74, 6) is -3.84. The number of aliphatic hydroxyl groups is 1. The lowest BCUT2D eigenvalue weighted by molar-refractivity contribution is -0.151. The molecule has 0 aromatic carbocycles. The van der Waals surface area contributed by atoms with E-state index in [1.807, 2.05) is 0 Å². The van der Waals surface area contributed by atoms with E-state index in [9.17, 15) is 9.59 Å². The fraction of sp³-hybridized carbons (Fsp3) is 0.667. The first-order valence-corrected chi connectivity index (χ1v) is 3.27. The Labute approximate surface area is 68.6 Å². The van der Waals surface area contributed by atoms with Crippen LogP contribution in [0.15, 0.2) is 0 Å². The number of carboxylic acid groups (broad SMARTS) is 2. The molecule has 0 aromatic heterocycles. The van der Waals surface area contributed by atoms with Gasteiger partial charge in [0.2, 0.25) is 0 Å². The summed E-state index contributed by atoms with van der Waals surface area (Å²) in [4.78, 5) is 20.4. The molecule has 6 heteroatoms. The average molecular weight is 177 g/mol. The van der Waals surface area contributed by atoms with Crippen molar-refractivity contribution in [3.05, 3.63) is 0 Å². The molecule has 0 spiro atoms. The van der Waals surface area contributed by atoms with Gasteiger partial charge in [-0.25, -0.2) is 4.79 Å². The lowest BCUT2D eigenvalue weighted by Gasteiger charge is -2.18. The predicted octanol–water partition coefficient (Wildman–Crippen LogP) is -1.52. The van der Waals surface area contributed by atoms with Gasteiger partial charge in [-0.15, -0.1) is 0 Å². The van der Waals surface area contributed by atoms with E-state index < -0.39 is 30.0 Å². The number of aliphatic carboxylic acids is 2. The number of carbonyl (C=O) groups is 2. The molecule has 5 N–H and O–H groups in total. The second kappa shape index (κ2) is 4.03. The van der Waals surface area contributed by atoms with E-state index in [4.69, 9.17) is 21.1 Å². The first kappa shape index (κ1) is 10.9. The van der Waals surface area contributed by atoms with Gasteiger partial charge < -0.3 is 21.1 Å². The molecule has 0 heterocycles. The van der Waals surface area contributed by atoms with E-state index in [-0.39, 0.29) is 0 Å². The van der Waals surface area contributed by atoms with Gasteiger partial charge in [-0.1, -0.05) is 6.92 Å². The van der Waals surface area contributed by atoms with Crippen molar-refractivity contribution < 1.29 is 24.9 Å². The van der Waals surface area contributed by atoms with Crippen LogP contribution in [-0.2, 0) is 9.59 Å². The Morgan fingerprint density at radius 3 is 1.92 bits per heavy atom. The molecule has 0 aromatic rings. The van der Waals surface area contributed by atoms with Gasteiger partial charge in [-0.2, -0.15) is 0 Å². The SMILES string of the molecule is CC(C(=O)O)[C@@H](N)[C@H](O)C(=O)O. The highest BCUT2D eigenvalue weighted by Gasteiger charge is 2.30. The lowest BCUT2D eigenvalue weighted by Crippen LogP contribution is -2.47. The van der Waals surface area contributed by atoms with Crippen LogP contribution in [0, 0.1) is 5.92 Å². The van der Waals surface area contributed by atoms with Crippen LogP contribution in [0.5, 0.6) is 0 Å². The zero-order valence-corrected chi connectivity index (χ0v) is 6.47. The second-order valence-corrected chi connectivity index (χ2v) is 2.49. The molecule has 0 aliphatic heterocycles. The van der Waals surface area contributed by atoms with Crippen LogP contribution in [0.25, 0.3) is 0 Å². The van der Waals surface area contributed by atoms with Gasteiger partial charge in [0, 0.05) is 0 Å². The number of aliphatic hydroxyl groups excluding tert-OH is 1. The number of nitrogens with two attached hydrogens (primary N) is 1. The van der Waals surface area contributed by atoms with Crippen LogP contribution in [-0.4, -0.2) is 39.4 Å². The Bertz CT molecular complexity index is 172. The van der Waals surface area contributed by atoms with E-state index in [1.165, 1.54) is 6.92 Å². The maximum atomic E-state index is 10.3. The Morgan fingerprint density at radius 1 is 1.25 bits per heavy atom. The van der Waals surface area contributed by atoms with Gasteiger partial charge in [0.25, 0.3) is 0 Å². The molecular formula is C6H11NO5. The van der Waals surface area contributed by atoms with Crippen LogP contribution in [0.1, 0.15) is 6.92 Å². The summed E-state index contributed by atoms with van der Waals surface area (Å²) in [6.07, 6.45) is -1.84. The van der Waals surface area contributed by atoms with E-state index in [2.05, 4.69) is 0 Å². The largest absolute Gasteiger partial charge is 0.481 e. The first-order chi connectivity index (χ1) is 5.37. The van der Waals surface area contributed by atoms with Crippen LogP contribution in [0.2, 0.25) is 0 Å². The molecule has 0 bridgehead atoms. The standard InChI is InChI=1S/C6H11NO5/c1-2(5(9)10)3(7)4(8)6(11)12/h2-4,8H,7H2,1H3,(H,9,10)(H,11,12)/t2?,3-,4+/m1/s1. The zero-order chi connectivity index (χ0) is 9.89. The molecule has 0 aliphatic carbocycles. The maximum absolute atomic E-state index is 10.3. The van der Waals surface area contributed by atoms with E-state index in [0.717, 1.165) is 0 Å². The molecule has 0 aliphatic rings. The zero-order valence-electron chi connectivity index (χ0n) is 6.47. The van der Waals surface area contributed by atoms with Crippen molar-refractivity contribution >= 4 is 11.9 Å². The lowest BCUT2D eigenvalue weighted by atomic mass is 9.98. The third kappa shape index (κ3) is 2.48. The van der Waals surface area contributed by atoms with Crippen molar-refractivity contribution in [2.75, 3.05) is 0 Å². The summed E-state index contributed by atoms with van der Waals surface area (Å²) in [5.41, 5.74) is 5.15. The highest BCUT2D eigenvalue weighted by atomic mass is 16.4. The molecule has 1 unspecified atom stereocenters. The van der Waals surface area contributed by atoms with Gasteiger partial charge in [-0.3, -0.25) is 4.79 Å². The second-order valence-electron chi connectivity index (χ2n) is 2.49. The summed E-state index contributed by atoms with van der Waals surface area (Å²) in [6.45, 7) is 1.24. The summed E-state index contributed by atoms with van der Waals surface area (Å²) >= 11 is 0. The molecule has 12 heavy (non-hydrogen) atoms. The monoisotopic (exact) mass is 177 g/mol. The fourth-order valence-electron chi connectivity index (χ4n) is 0.603. The van der Waals surface area contributed by atoms with Crippen molar-refractivity contribution in [1.29, 1.82) is 0 Å². The Morgan fingerprint density at radius 2 is 1.67 bits per heavy atom. The molecule has 0 amide bonds. The molecule has 0 saturated heterocycles. The summed E-state index contributed by atoms with van der Waals surface area (Å²) < 4.78 is 0. The van der Waals surface area contributed by atoms with Crippen molar-refractivity contribution in [2.45, 2.75) is 19.1 Å². The normalized spacial score (nSPS) is 17.9.